The Morgan fingerprint density at radius 3 is 3.07 bits per heavy atom. The summed E-state index contributed by atoms with van der Waals surface area (Å²) in [5, 5.41) is 0. The van der Waals surface area contributed by atoms with Crippen LogP contribution < -0.4 is 5.56 Å². The molecule has 2 aliphatic rings. The van der Waals surface area contributed by atoms with E-state index in [1.165, 1.54) is 18.3 Å². The zero-order valence-electron chi connectivity index (χ0n) is 15.4. The molecule has 4 rings (SSSR count). The number of halogens is 1. The summed E-state index contributed by atoms with van der Waals surface area (Å²) < 4.78 is 27.1. The molecule has 4 heterocycles. The quantitative estimate of drug-likeness (QED) is 0.746. The van der Waals surface area contributed by atoms with Gasteiger partial charge in [-0.1, -0.05) is 6.07 Å². The zero-order valence-corrected chi connectivity index (χ0v) is 15.4. The van der Waals surface area contributed by atoms with E-state index in [1.807, 2.05) is 6.07 Å². The fourth-order valence-electron chi connectivity index (χ4n) is 3.87. The maximum Gasteiger partial charge on any atom is 0.254 e. The monoisotopic (exact) mass is 387 g/mol. The number of aromatic nitrogens is 2. The van der Waals surface area contributed by atoms with E-state index in [1.54, 1.807) is 21.7 Å². The van der Waals surface area contributed by atoms with Gasteiger partial charge in [0.25, 0.3) is 11.5 Å². The molecule has 1 spiro atoms. The Labute approximate surface area is 161 Å². The molecule has 0 N–H and O–H groups in total. The third-order valence-corrected chi connectivity index (χ3v) is 5.25. The van der Waals surface area contributed by atoms with Gasteiger partial charge >= 0.3 is 0 Å². The number of nitrogens with zero attached hydrogens (tertiary/aromatic N) is 3. The Kier molecular flexibility index (Phi) is 5.23. The SMILES string of the molecule is O=C(c1ccnc(F)c1)N1CCOCC2(CCC(Cn3ccccc3=O)O2)C1. The van der Waals surface area contributed by atoms with E-state index in [0.717, 1.165) is 18.9 Å². The van der Waals surface area contributed by atoms with E-state index in [9.17, 15) is 14.0 Å². The van der Waals surface area contributed by atoms with Crippen molar-refractivity contribution in [3.8, 4) is 0 Å². The molecule has 0 radical (unpaired) electrons. The summed E-state index contributed by atoms with van der Waals surface area (Å²) in [5.74, 6) is -0.949. The second-order valence-corrected chi connectivity index (χ2v) is 7.30. The molecule has 8 heteroatoms. The minimum atomic E-state index is -0.683. The van der Waals surface area contributed by atoms with Gasteiger partial charge in [0.15, 0.2) is 0 Å². The molecule has 148 valence electrons. The highest BCUT2D eigenvalue weighted by Crippen LogP contribution is 2.34. The highest BCUT2D eigenvalue weighted by Gasteiger charge is 2.44. The average molecular weight is 387 g/mol. The van der Waals surface area contributed by atoms with Crippen LogP contribution in [0.1, 0.15) is 23.2 Å². The van der Waals surface area contributed by atoms with Gasteiger partial charge in [-0.05, 0) is 25.0 Å². The molecule has 2 fully saturated rings. The maximum atomic E-state index is 13.4. The van der Waals surface area contributed by atoms with Gasteiger partial charge in [-0.3, -0.25) is 9.59 Å². The van der Waals surface area contributed by atoms with E-state index in [2.05, 4.69) is 4.98 Å². The summed E-state index contributed by atoms with van der Waals surface area (Å²) in [7, 11) is 0. The Bertz CT molecular complexity index is 918. The fraction of sp³-hybridized carbons (Fsp3) is 0.450. The molecule has 0 bridgehead atoms. The molecule has 2 aromatic rings. The normalized spacial score (nSPS) is 25.0. The minimum Gasteiger partial charge on any atom is -0.377 e. The van der Waals surface area contributed by atoms with Crippen LogP contribution in [0.3, 0.4) is 0 Å². The first-order valence-electron chi connectivity index (χ1n) is 9.37. The van der Waals surface area contributed by atoms with Gasteiger partial charge in [-0.15, -0.1) is 0 Å². The predicted octanol–water partition coefficient (Wildman–Crippen LogP) is 1.47. The van der Waals surface area contributed by atoms with Crippen LogP contribution >= 0.6 is 0 Å². The molecular formula is C20H22FN3O4. The predicted molar refractivity (Wildman–Crippen MR) is 98.5 cm³/mol. The zero-order chi connectivity index (χ0) is 19.6. The van der Waals surface area contributed by atoms with Gasteiger partial charge in [-0.2, -0.15) is 4.39 Å². The maximum absolute atomic E-state index is 13.4. The van der Waals surface area contributed by atoms with Gasteiger partial charge in [-0.25, -0.2) is 4.98 Å². The van der Waals surface area contributed by atoms with Crippen LogP contribution in [0.5, 0.6) is 0 Å². The number of carbonyl (C=O) groups excluding carboxylic acids is 1. The van der Waals surface area contributed by atoms with Gasteiger partial charge < -0.3 is 18.9 Å². The van der Waals surface area contributed by atoms with Crippen molar-refractivity contribution in [2.45, 2.75) is 31.1 Å². The van der Waals surface area contributed by atoms with Crippen LogP contribution in [-0.2, 0) is 16.0 Å². The molecule has 2 aliphatic heterocycles. The molecule has 0 saturated carbocycles. The molecule has 7 nitrogen and oxygen atoms in total. The lowest BCUT2D eigenvalue weighted by Crippen LogP contribution is -2.47. The van der Waals surface area contributed by atoms with E-state index in [0.29, 0.717) is 32.8 Å². The van der Waals surface area contributed by atoms with Crippen molar-refractivity contribution in [3.05, 3.63) is 64.6 Å². The summed E-state index contributed by atoms with van der Waals surface area (Å²) in [6, 6.07) is 7.69. The van der Waals surface area contributed by atoms with Crippen molar-refractivity contribution in [3.63, 3.8) is 0 Å². The van der Waals surface area contributed by atoms with Crippen LogP contribution in [0.15, 0.2) is 47.5 Å². The number of carbonyl (C=O) groups is 1. The lowest BCUT2D eigenvalue weighted by atomic mass is 9.99. The van der Waals surface area contributed by atoms with Crippen LogP contribution in [0, 0.1) is 5.95 Å². The average Bonchev–Trinajstić information content (AvgIpc) is 2.95. The number of rotatable bonds is 3. The number of pyridine rings is 2. The molecule has 0 aromatic carbocycles. The smallest absolute Gasteiger partial charge is 0.254 e. The minimum absolute atomic E-state index is 0.0688. The number of amides is 1. The lowest BCUT2D eigenvalue weighted by Gasteiger charge is -2.32. The van der Waals surface area contributed by atoms with Crippen LogP contribution in [0.2, 0.25) is 0 Å². The lowest BCUT2D eigenvalue weighted by molar-refractivity contribution is -0.0876. The van der Waals surface area contributed by atoms with Crippen molar-refractivity contribution >= 4 is 5.91 Å². The molecule has 2 unspecified atom stereocenters. The Morgan fingerprint density at radius 2 is 2.25 bits per heavy atom. The van der Waals surface area contributed by atoms with Crippen molar-refractivity contribution in [2.75, 3.05) is 26.3 Å². The molecule has 2 saturated heterocycles. The second kappa shape index (κ2) is 7.81. The standard InChI is InChI=1S/C20H22FN3O4/c21-17-11-15(5-7-22-17)19(26)24-9-10-27-14-20(13-24)6-4-16(28-20)12-23-8-2-1-3-18(23)25/h1-3,5,7-8,11,16H,4,6,9-10,12-14H2. The number of hydrogen-bond acceptors (Lipinski definition) is 5. The Morgan fingerprint density at radius 1 is 1.36 bits per heavy atom. The summed E-state index contributed by atoms with van der Waals surface area (Å²) >= 11 is 0. The molecular weight excluding hydrogens is 365 g/mol. The summed E-state index contributed by atoms with van der Waals surface area (Å²) in [4.78, 5) is 29.9. The molecule has 0 aliphatic carbocycles. The van der Waals surface area contributed by atoms with Crippen LogP contribution in [0.4, 0.5) is 4.39 Å². The highest BCUT2D eigenvalue weighted by atomic mass is 19.1. The van der Waals surface area contributed by atoms with Crippen molar-refractivity contribution < 1.29 is 18.7 Å². The van der Waals surface area contributed by atoms with Crippen molar-refractivity contribution in [1.82, 2.24) is 14.5 Å². The van der Waals surface area contributed by atoms with Crippen molar-refractivity contribution in [1.29, 1.82) is 0 Å². The molecule has 2 aromatic heterocycles. The van der Waals surface area contributed by atoms with Gasteiger partial charge in [0.05, 0.1) is 32.4 Å². The van der Waals surface area contributed by atoms with Gasteiger partial charge in [0.1, 0.15) is 5.60 Å². The van der Waals surface area contributed by atoms with E-state index < -0.39 is 11.5 Å². The summed E-state index contributed by atoms with van der Waals surface area (Å²) in [6.07, 6.45) is 4.40. The molecule has 1 amide bonds. The van der Waals surface area contributed by atoms with E-state index in [4.69, 9.17) is 9.47 Å². The van der Waals surface area contributed by atoms with Gasteiger partial charge in [0, 0.05) is 36.6 Å². The fourth-order valence-corrected chi connectivity index (χ4v) is 3.87. The van der Waals surface area contributed by atoms with E-state index >= 15 is 0 Å². The first-order valence-corrected chi connectivity index (χ1v) is 9.37. The third kappa shape index (κ3) is 3.98. The number of hydrogen-bond donors (Lipinski definition) is 0. The largest absolute Gasteiger partial charge is 0.377 e. The Balaban J connectivity index is 1.47. The Hall–Kier alpha value is -2.58. The second-order valence-electron chi connectivity index (χ2n) is 7.30. The van der Waals surface area contributed by atoms with Crippen LogP contribution in [0.25, 0.3) is 0 Å². The highest BCUT2D eigenvalue weighted by molar-refractivity contribution is 5.94. The first-order chi connectivity index (χ1) is 13.5. The van der Waals surface area contributed by atoms with Crippen LogP contribution in [-0.4, -0.2) is 58.4 Å². The third-order valence-electron chi connectivity index (χ3n) is 5.25. The number of ether oxygens (including phenoxy) is 2. The summed E-state index contributed by atoms with van der Waals surface area (Å²) in [6.45, 7) is 2.03. The van der Waals surface area contributed by atoms with Crippen molar-refractivity contribution in [2.24, 2.45) is 0 Å². The molecule has 28 heavy (non-hydrogen) atoms. The first kappa shape index (κ1) is 18.8. The summed E-state index contributed by atoms with van der Waals surface area (Å²) in [5.41, 5.74) is -0.420. The topological polar surface area (TPSA) is 73.7 Å². The molecule has 2 atom stereocenters. The van der Waals surface area contributed by atoms with E-state index in [-0.39, 0.29) is 23.1 Å². The van der Waals surface area contributed by atoms with Gasteiger partial charge in [0.2, 0.25) is 5.95 Å².